The molecule has 0 heterocycles. The Morgan fingerprint density at radius 2 is 1.54 bits per heavy atom. The van der Waals surface area contributed by atoms with Crippen LogP contribution < -0.4 is 15.6 Å². The van der Waals surface area contributed by atoms with Crippen LogP contribution >= 0.6 is 0 Å². The standard InChI is InChI=1S/C21H22N2O/c1-17-14-21(24-16-18-8-4-2-5-9-18)13-12-19(17)15-22-23-20-10-6-3-7-11-20/h2-14,22-23H,15-16H2,1H3. The summed E-state index contributed by atoms with van der Waals surface area (Å²) in [5.74, 6) is 0.899. The molecule has 0 amide bonds. The lowest BCUT2D eigenvalue weighted by atomic mass is 10.1. The number of ether oxygens (including phenoxy) is 1. The van der Waals surface area contributed by atoms with Crippen LogP contribution in [-0.4, -0.2) is 0 Å². The second-order valence-corrected chi connectivity index (χ2v) is 5.71. The molecule has 0 aliphatic rings. The molecule has 0 saturated carbocycles. The highest BCUT2D eigenvalue weighted by Gasteiger charge is 2.02. The summed E-state index contributed by atoms with van der Waals surface area (Å²) < 4.78 is 5.87. The predicted molar refractivity (Wildman–Crippen MR) is 98.9 cm³/mol. The van der Waals surface area contributed by atoms with Crippen LogP contribution in [0.25, 0.3) is 0 Å². The number of aryl methyl sites for hydroxylation is 1. The molecule has 3 heteroatoms. The number of hydrazine groups is 1. The van der Waals surface area contributed by atoms with Crippen LogP contribution in [0.5, 0.6) is 5.75 Å². The van der Waals surface area contributed by atoms with E-state index in [1.165, 1.54) is 16.7 Å². The third-order valence-electron chi connectivity index (χ3n) is 3.85. The smallest absolute Gasteiger partial charge is 0.120 e. The lowest BCUT2D eigenvalue weighted by Gasteiger charge is -2.12. The van der Waals surface area contributed by atoms with Crippen molar-refractivity contribution < 1.29 is 4.74 Å². The van der Waals surface area contributed by atoms with E-state index < -0.39 is 0 Å². The second-order valence-electron chi connectivity index (χ2n) is 5.71. The van der Waals surface area contributed by atoms with E-state index >= 15 is 0 Å². The maximum atomic E-state index is 5.87. The van der Waals surface area contributed by atoms with Crippen molar-refractivity contribution in [3.05, 3.63) is 95.6 Å². The summed E-state index contributed by atoms with van der Waals surface area (Å²) in [4.78, 5) is 0. The number of hydrogen-bond donors (Lipinski definition) is 2. The molecule has 0 spiro atoms. The number of para-hydroxylation sites is 1. The molecule has 0 atom stereocenters. The van der Waals surface area contributed by atoms with Gasteiger partial charge in [0.05, 0.1) is 0 Å². The molecule has 122 valence electrons. The van der Waals surface area contributed by atoms with Gasteiger partial charge in [0.25, 0.3) is 0 Å². The van der Waals surface area contributed by atoms with Crippen LogP contribution in [0.2, 0.25) is 0 Å². The Bertz CT molecular complexity index is 757. The first-order chi connectivity index (χ1) is 11.8. The van der Waals surface area contributed by atoms with Crippen molar-refractivity contribution in [2.45, 2.75) is 20.1 Å². The lowest BCUT2D eigenvalue weighted by Crippen LogP contribution is -2.21. The average Bonchev–Trinajstić information content (AvgIpc) is 2.63. The zero-order valence-corrected chi connectivity index (χ0v) is 13.8. The number of benzene rings is 3. The van der Waals surface area contributed by atoms with Crippen LogP contribution in [0, 0.1) is 6.92 Å². The average molecular weight is 318 g/mol. The molecule has 0 saturated heterocycles. The van der Waals surface area contributed by atoms with Crippen molar-refractivity contribution in [1.29, 1.82) is 0 Å². The molecule has 0 unspecified atom stereocenters. The fourth-order valence-corrected chi connectivity index (χ4v) is 2.46. The first-order valence-corrected chi connectivity index (χ1v) is 8.11. The van der Waals surface area contributed by atoms with E-state index in [9.17, 15) is 0 Å². The van der Waals surface area contributed by atoms with Crippen LogP contribution in [-0.2, 0) is 13.2 Å². The van der Waals surface area contributed by atoms with Crippen LogP contribution in [0.15, 0.2) is 78.9 Å². The Kier molecular flexibility index (Phi) is 5.48. The highest BCUT2D eigenvalue weighted by atomic mass is 16.5. The van der Waals surface area contributed by atoms with E-state index in [0.29, 0.717) is 6.61 Å². The zero-order valence-electron chi connectivity index (χ0n) is 13.8. The van der Waals surface area contributed by atoms with Gasteiger partial charge in [0, 0.05) is 12.2 Å². The second kappa shape index (κ2) is 8.18. The molecular weight excluding hydrogens is 296 g/mol. The van der Waals surface area contributed by atoms with Gasteiger partial charge in [-0.3, -0.25) is 0 Å². The molecular formula is C21H22N2O. The summed E-state index contributed by atoms with van der Waals surface area (Å²) in [5.41, 5.74) is 11.1. The van der Waals surface area contributed by atoms with Crippen LogP contribution in [0.4, 0.5) is 5.69 Å². The van der Waals surface area contributed by atoms with Crippen molar-refractivity contribution in [2.24, 2.45) is 0 Å². The van der Waals surface area contributed by atoms with Gasteiger partial charge in [-0.25, -0.2) is 5.43 Å². The maximum Gasteiger partial charge on any atom is 0.120 e. The first kappa shape index (κ1) is 16.1. The van der Waals surface area contributed by atoms with Gasteiger partial charge in [0.1, 0.15) is 12.4 Å². The highest BCUT2D eigenvalue weighted by Crippen LogP contribution is 2.18. The van der Waals surface area contributed by atoms with Gasteiger partial charge in [0.2, 0.25) is 0 Å². The van der Waals surface area contributed by atoms with E-state index in [1.54, 1.807) is 0 Å². The lowest BCUT2D eigenvalue weighted by molar-refractivity contribution is 0.306. The quantitative estimate of drug-likeness (QED) is 0.620. The molecule has 0 aliphatic carbocycles. The minimum Gasteiger partial charge on any atom is -0.489 e. The van der Waals surface area contributed by atoms with Gasteiger partial charge in [-0.05, 0) is 47.9 Å². The molecule has 0 fully saturated rings. The molecule has 3 rings (SSSR count). The van der Waals surface area contributed by atoms with Gasteiger partial charge in [-0.1, -0.05) is 54.6 Å². The molecule has 0 radical (unpaired) electrons. The van der Waals surface area contributed by atoms with Crippen molar-refractivity contribution in [2.75, 3.05) is 5.43 Å². The number of nitrogens with one attached hydrogen (secondary N) is 2. The van der Waals surface area contributed by atoms with E-state index in [-0.39, 0.29) is 0 Å². The zero-order chi connectivity index (χ0) is 16.6. The van der Waals surface area contributed by atoms with E-state index in [2.05, 4.69) is 42.0 Å². The molecule has 3 nitrogen and oxygen atoms in total. The van der Waals surface area contributed by atoms with Gasteiger partial charge < -0.3 is 10.2 Å². The van der Waals surface area contributed by atoms with Crippen LogP contribution in [0.1, 0.15) is 16.7 Å². The molecule has 2 N–H and O–H groups in total. The van der Waals surface area contributed by atoms with Crippen LogP contribution in [0.3, 0.4) is 0 Å². The summed E-state index contributed by atoms with van der Waals surface area (Å²) in [5, 5.41) is 0. The van der Waals surface area contributed by atoms with Gasteiger partial charge in [-0.2, -0.15) is 0 Å². The minimum absolute atomic E-state index is 0.591. The van der Waals surface area contributed by atoms with Crippen molar-refractivity contribution in [1.82, 2.24) is 5.43 Å². The summed E-state index contributed by atoms with van der Waals surface area (Å²) in [6.07, 6.45) is 0. The Morgan fingerprint density at radius 3 is 2.25 bits per heavy atom. The fraction of sp³-hybridized carbons (Fsp3) is 0.143. The summed E-state index contributed by atoms with van der Waals surface area (Å²) in [7, 11) is 0. The van der Waals surface area contributed by atoms with E-state index in [0.717, 1.165) is 18.0 Å². The molecule has 3 aromatic rings. The molecule has 24 heavy (non-hydrogen) atoms. The molecule has 0 aliphatic heterocycles. The van der Waals surface area contributed by atoms with Gasteiger partial charge >= 0.3 is 0 Å². The molecule has 3 aromatic carbocycles. The molecule has 0 aromatic heterocycles. The summed E-state index contributed by atoms with van der Waals surface area (Å²) in [6, 6.07) is 26.5. The van der Waals surface area contributed by atoms with E-state index in [4.69, 9.17) is 4.74 Å². The molecule has 0 bridgehead atoms. The fourth-order valence-electron chi connectivity index (χ4n) is 2.46. The SMILES string of the molecule is Cc1cc(OCc2ccccc2)ccc1CNNc1ccccc1. The Morgan fingerprint density at radius 1 is 0.833 bits per heavy atom. The predicted octanol–water partition coefficient (Wildman–Crippen LogP) is 4.69. The third kappa shape index (κ3) is 4.61. The highest BCUT2D eigenvalue weighted by molar-refractivity contribution is 5.41. The van der Waals surface area contributed by atoms with Gasteiger partial charge in [-0.15, -0.1) is 0 Å². The number of anilines is 1. The third-order valence-corrected chi connectivity index (χ3v) is 3.85. The normalized spacial score (nSPS) is 10.4. The van der Waals surface area contributed by atoms with Crippen molar-refractivity contribution in [3.8, 4) is 5.75 Å². The number of hydrogen-bond acceptors (Lipinski definition) is 3. The minimum atomic E-state index is 0.591. The Labute approximate surface area is 143 Å². The topological polar surface area (TPSA) is 33.3 Å². The number of rotatable bonds is 7. The van der Waals surface area contributed by atoms with Gasteiger partial charge in [0.15, 0.2) is 0 Å². The largest absolute Gasteiger partial charge is 0.489 e. The maximum absolute atomic E-state index is 5.87. The first-order valence-electron chi connectivity index (χ1n) is 8.11. The van der Waals surface area contributed by atoms with Crippen molar-refractivity contribution >= 4 is 5.69 Å². The Hall–Kier alpha value is -2.78. The van der Waals surface area contributed by atoms with Crippen molar-refractivity contribution in [3.63, 3.8) is 0 Å². The summed E-state index contributed by atoms with van der Waals surface area (Å²) in [6.45, 7) is 3.45. The monoisotopic (exact) mass is 318 g/mol. The summed E-state index contributed by atoms with van der Waals surface area (Å²) >= 11 is 0. The Balaban J connectivity index is 1.52. The van der Waals surface area contributed by atoms with E-state index in [1.807, 2.05) is 54.6 Å².